The van der Waals surface area contributed by atoms with E-state index in [1.807, 2.05) is 30.3 Å². The average molecular weight is 981 g/mol. The molecule has 22 heteroatoms. The number of H-pyrrole nitrogens is 1. The molecule has 2 aromatic carbocycles. The fourth-order valence-electron chi connectivity index (χ4n) is 10.2. The summed E-state index contributed by atoms with van der Waals surface area (Å²) in [6.07, 6.45) is 4.46. The number of benzene rings is 2. The normalized spacial score (nSPS) is 26.3. The van der Waals surface area contributed by atoms with Crippen LogP contribution in [0.2, 0.25) is 0 Å². The lowest BCUT2D eigenvalue weighted by Gasteiger charge is -2.77. The molecule has 1 saturated heterocycles. The zero-order chi connectivity index (χ0) is 51.5. The SMILES string of the molecule is CC(C)(C)C12CC([C@@H]3NC(=O)[C@H](Cc4c[nH]c5ccccc45)NC(=O)[C@H](CCCN=C(N)N)NC(=O)[C@H](CCCN=C(N)N)NC(=O)[C@H](Cc4ccccc4)NC(=O)[C@H](CCCN=C(N)N)NC3=O)(C1)C2. The zero-order valence-corrected chi connectivity index (χ0v) is 40.9. The van der Waals surface area contributed by atoms with Gasteiger partial charge in [-0.2, -0.15) is 0 Å². The maximum Gasteiger partial charge on any atom is 0.243 e. The maximum absolute atomic E-state index is 15.0. The van der Waals surface area contributed by atoms with Crippen LogP contribution < -0.4 is 66.3 Å². The minimum atomic E-state index is -1.27. The summed E-state index contributed by atoms with van der Waals surface area (Å²) in [4.78, 5) is 104. The summed E-state index contributed by atoms with van der Waals surface area (Å²) < 4.78 is 0. The van der Waals surface area contributed by atoms with Gasteiger partial charge in [0.25, 0.3) is 0 Å². The fourth-order valence-corrected chi connectivity index (χ4v) is 10.2. The van der Waals surface area contributed by atoms with E-state index in [4.69, 9.17) is 34.4 Å². The predicted octanol–water partition coefficient (Wildman–Crippen LogP) is -0.747. The molecule has 2 heterocycles. The third kappa shape index (κ3) is 13.5. The van der Waals surface area contributed by atoms with Gasteiger partial charge in [-0.1, -0.05) is 69.3 Å². The Morgan fingerprint density at radius 3 is 1.42 bits per heavy atom. The minimum absolute atomic E-state index is 0.000259. The van der Waals surface area contributed by atoms with Gasteiger partial charge in [0, 0.05) is 55.0 Å². The summed E-state index contributed by atoms with van der Waals surface area (Å²) in [6.45, 7) is 6.84. The van der Waals surface area contributed by atoms with Crippen LogP contribution in [0, 0.1) is 16.2 Å². The monoisotopic (exact) mass is 981 g/mol. The van der Waals surface area contributed by atoms with Gasteiger partial charge in [-0.25, -0.2) is 0 Å². The molecule has 6 amide bonds. The molecule has 0 spiro atoms. The lowest BCUT2D eigenvalue weighted by atomic mass is 9.28. The Labute approximate surface area is 413 Å². The highest BCUT2D eigenvalue weighted by atomic mass is 16.2. The second-order valence-corrected chi connectivity index (χ2v) is 20.3. The van der Waals surface area contributed by atoms with Crippen LogP contribution in [0.3, 0.4) is 0 Å². The number of aliphatic imine (C=N–C) groups is 3. The van der Waals surface area contributed by atoms with Crippen molar-refractivity contribution >= 4 is 64.2 Å². The second-order valence-electron chi connectivity index (χ2n) is 20.3. The van der Waals surface area contributed by atoms with Crippen LogP contribution in [-0.2, 0) is 41.6 Å². The van der Waals surface area contributed by atoms with Gasteiger partial charge in [0.1, 0.15) is 36.3 Å². The minimum Gasteiger partial charge on any atom is -0.370 e. The first kappa shape index (κ1) is 53.0. The number of nitrogens with two attached hydrogens (primary N) is 6. The predicted molar refractivity (Wildman–Crippen MR) is 272 cm³/mol. The highest BCUT2D eigenvalue weighted by Crippen LogP contribution is 2.80. The number of aromatic nitrogens is 1. The first-order valence-corrected chi connectivity index (χ1v) is 24.3. The van der Waals surface area contributed by atoms with Crippen molar-refractivity contribution in [2.24, 2.45) is 65.6 Å². The molecule has 0 radical (unpaired) electrons. The largest absolute Gasteiger partial charge is 0.370 e. The Morgan fingerprint density at radius 2 is 0.944 bits per heavy atom. The lowest BCUT2D eigenvalue weighted by Crippen LogP contribution is -2.76. The van der Waals surface area contributed by atoms with E-state index in [0.717, 1.165) is 10.9 Å². The number of nitrogens with one attached hydrogen (secondary N) is 7. The molecule has 4 fully saturated rings. The number of guanidine groups is 3. The van der Waals surface area contributed by atoms with Crippen LogP contribution in [0.1, 0.15) is 89.7 Å². The van der Waals surface area contributed by atoms with Crippen molar-refractivity contribution in [1.82, 2.24) is 36.9 Å². The molecule has 7 rings (SSSR count). The number of para-hydroxylation sites is 1. The van der Waals surface area contributed by atoms with Crippen molar-refractivity contribution in [1.29, 1.82) is 0 Å². The molecule has 3 aliphatic carbocycles. The molecule has 71 heavy (non-hydrogen) atoms. The molecular weight excluding hydrogens is 909 g/mol. The molecule has 3 aromatic rings. The van der Waals surface area contributed by atoms with Gasteiger partial charge in [-0.15, -0.1) is 0 Å². The number of aromatic amines is 1. The van der Waals surface area contributed by atoms with Gasteiger partial charge in [0.15, 0.2) is 17.9 Å². The smallest absolute Gasteiger partial charge is 0.243 e. The van der Waals surface area contributed by atoms with Crippen molar-refractivity contribution in [3.8, 4) is 0 Å². The Kier molecular flexibility index (Phi) is 17.2. The first-order valence-electron chi connectivity index (χ1n) is 24.3. The summed E-state index contributed by atoms with van der Waals surface area (Å²) >= 11 is 0. The van der Waals surface area contributed by atoms with Gasteiger partial charge < -0.3 is 71.3 Å². The summed E-state index contributed by atoms with van der Waals surface area (Å²) in [6, 6.07) is 9.02. The number of carbonyl (C=O) groups is 6. The van der Waals surface area contributed by atoms with E-state index in [9.17, 15) is 19.2 Å². The highest BCUT2D eigenvalue weighted by Gasteiger charge is 2.75. The topological polar surface area (TPSA) is 384 Å². The number of fused-ring (bicyclic) bond motifs is 1. The van der Waals surface area contributed by atoms with Crippen LogP contribution in [0.5, 0.6) is 0 Å². The van der Waals surface area contributed by atoms with Crippen molar-refractivity contribution in [3.05, 3.63) is 71.9 Å². The molecule has 2 bridgehead atoms. The third-order valence-corrected chi connectivity index (χ3v) is 14.2. The van der Waals surface area contributed by atoms with Crippen molar-refractivity contribution < 1.29 is 28.8 Å². The van der Waals surface area contributed by atoms with Crippen LogP contribution in [-0.4, -0.2) is 114 Å². The van der Waals surface area contributed by atoms with Gasteiger partial charge in [-0.3, -0.25) is 43.7 Å². The Morgan fingerprint density at radius 1 is 0.535 bits per heavy atom. The van der Waals surface area contributed by atoms with Gasteiger partial charge in [0.2, 0.25) is 35.4 Å². The zero-order valence-electron chi connectivity index (χ0n) is 40.9. The van der Waals surface area contributed by atoms with Gasteiger partial charge in [0.05, 0.1) is 0 Å². The van der Waals surface area contributed by atoms with Crippen LogP contribution >= 0.6 is 0 Å². The molecule has 0 unspecified atom stereocenters. The summed E-state index contributed by atoms with van der Waals surface area (Å²) in [5.41, 5.74) is 35.0. The van der Waals surface area contributed by atoms with E-state index in [2.05, 4.69) is 72.6 Å². The highest BCUT2D eigenvalue weighted by molar-refractivity contribution is 5.99. The van der Waals surface area contributed by atoms with E-state index < -0.39 is 77.1 Å². The number of rotatable bonds is 17. The number of amides is 6. The van der Waals surface area contributed by atoms with E-state index in [0.29, 0.717) is 30.4 Å². The lowest BCUT2D eigenvalue weighted by molar-refractivity contribution is -0.269. The van der Waals surface area contributed by atoms with Crippen LogP contribution in [0.15, 0.2) is 75.8 Å². The molecule has 1 aromatic heterocycles. The molecule has 19 N–H and O–H groups in total. The number of carbonyl (C=O) groups excluding carboxylic acids is 6. The van der Waals surface area contributed by atoms with Crippen molar-refractivity contribution in [2.75, 3.05) is 19.6 Å². The molecule has 384 valence electrons. The number of nitrogens with zero attached hydrogens (tertiary/aromatic N) is 3. The Hall–Kier alpha value is -7.39. The van der Waals surface area contributed by atoms with E-state index >= 15 is 9.59 Å². The third-order valence-electron chi connectivity index (χ3n) is 14.2. The molecule has 4 aliphatic rings. The molecular formula is C49H72N16O6. The standard InChI is InChI=1S/C49H72N16O6/c1-47(2,3)49-25-48(26-49,27-49)37-43(71)62-34(18-11-21-58-46(54)55)40(68)63-35(22-28-12-5-4-6-13-28)41(69)61-32(16-9-19-56-44(50)51)38(66)60-33(17-10-20-57-45(52)53)39(67)64-36(42(70)65-37)23-29-24-59-31-15-8-7-14-30(29)31/h4-8,12-15,24,32-37,59H,9-11,16-23,25-27H2,1-3H3,(H,60,66)(H,61,69)(H,62,71)(H,63,68)(H,64,67)(H,65,70)(H4,50,51,56)(H4,52,53,57)(H4,54,55,58)/t32-,33-,34-,35-,36-,37+,48?,49?/m0/s1. The first-order chi connectivity index (χ1) is 33.7. The second kappa shape index (κ2) is 23.0. The number of hydrogen-bond donors (Lipinski definition) is 13. The fraction of sp³-hybridized carbons (Fsp3) is 0.531. The van der Waals surface area contributed by atoms with E-state index in [-0.39, 0.29) is 99.7 Å². The molecule has 3 saturated carbocycles. The van der Waals surface area contributed by atoms with Crippen LogP contribution in [0.25, 0.3) is 10.9 Å². The molecule has 1 aliphatic heterocycles. The summed E-state index contributed by atoms with van der Waals surface area (Å²) in [5.74, 6) is -4.55. The van der Waals surface area contributed by atoms with E-state index in [1.54, 1.807) is 30.5 Å². The molecule has 6 atom stereocenters. The maximum atomic E-state index is 15.0. The Bertz CT molecular complexity index is 2470. The van der Waals surface area contributed by atoms with Crippen molar-refractivity contribution in [2.45, 2.75) is 128 Å². The number of hydrogen-bond acceptors (Lipinski definition) is 9. The van der Waals surface area contributed by atoms with E-state index in [1.165, 1.54) is 0 Å². The van der Waals surface area contributed by atoms with Crippen molar-refractivity contribution in [3.63, 3.8) is 0 Å². The van der Waals surface area contributed by atoms with Gasteiger partial charge >= 0.3 is 0 Å². The average Bonchev–Trinajstić information content (AvgIpc) is 3.69. The summed E-state index contributed by atoms with van der Waals surface area (Å²) in [5, 5.41) is 18.2. The van der Waals surface area contributed by atoms with Gasteiger partial charge in [-0.05, 0) is 85.8 Å². The quantitative estimate of drug-likeness (QED) is 0.0452. The summed E-state index contributed by atoms with van der Waals surface area (Å²) in [7, 11) is 0. The Balaban J connectivity index is 1.43. The van der Waals surface area contributed by atoms with Crippen LogP contribution in [0.4, 0.5) is 0 Å². The molecule has 22 nitrogen and oxygen atoms in total.